The van der Waals surface area contributed by atoms with Crippen molar-refractivity contribution in [2.45, 2.75) is 30.6 Å². The number of nitrogens with zero attached hydrogens (tertiary/aromatic N) is 3. The minimum absolute atomic E-state index is 0.0379. The number of amides is 1. The summed E-state index contributed by atoms with van der Waals surface area (Å²) in [5, 5.41) is 11.0. The van der Waals surface area contributed by atoms with Gasteiger partial charge in [0.2, 0.25) is 27.7 Å². The van der Waals surface area contributed by atoms with Crippen LogP contribution in [0.4, 0.5) is 5.69 Å². The van der Waals surface area contributed by atoms with E-state index in [0.29, 0.717) is 54.9 Å². The van der Waals surface area contributed by atoms with E-state index in [1.54, 1.807) is 7.11 Å². The quantitative estimate of drug-likeness (QED) is 0.540. The van der Waals surface area contributed by atoms with E-state index < -0.39 is 10.0 Å². The lowest BCUT2D eigenvalue weighted by molar-refractivity contribution is -0.114. The van der Waals surface area contributed by atoms with Gasteiger partial charge in [-0.25, -0.2) is 8.42 Å². The number of sulfonamides is 1. The fraction of sp³-hybridized carbons (Fsp3) is 0.348. The minimum atomic E-state index is -3.75. The molecular weight excluding hydrogens is 460 g/mol. The van der Waals surface area contributed by atoms with Crippen molar-refractivity contribution in [1.29, 1.82) is 0 Å². The minimum Gasteiger partial charge on any atom is -0.497 e. The first-order valence-corrected chi connectivity index (χ1v) is 12.2. The van der Waals surface area contributed by atoms with Crippen molar-refractivity contribution in [3.8, 4) is 23.0 Å². The van der Waals surface area contributed by atoms with Gasteiger partial charge in [0.15, 0.2) is 0 Å². The number of carbonyl (C=O) groups excluding carboxylic acids is 1. The van der Waals surface area contributed by atoms with E-state index >= 15 is 0 Å². The molecule has 0 radical (unpaired) electrons. The van der Waals surface area contributed by atoms with Gasteiger partial charge in [-0.1, -0.05) is 6.07 Å². The lowest BCUT2D eigenvalue weighted by Gasteiger charge is -2.29. The molecule has 1 fully saturated rings. The largest absolute Gasteiger partial charge is 0.497 e. The van der Waals surface area contributed by atoms with E-state index in [9.17, 15) is 13.2 Å². The third-order valence-corrected chi connectivity index (χ3v) is 7.57. The maximum absolute atomic E-state index is 13.2. The summed E-state index contributed by atoms with van der Waals surface area (Å²) in [6.45, 7) is 1.97. The van der Waals surface area contributed by atoms with Crippen LogP contribution in [0, 0.1) is 0 Å². The van der Waals surface area contributed by atoms with Crippen LogP contribution in [0.15, 0.2) is 51.8 Å². The molecule has 180 valence electrons. The van der Waals surface area contributed by atoms with Crippen LogP contribution in [0.5, 0.6) is 11.5 Å². The van der Waals surface area contributed by atoms with Gasteiger partial charge >= 0.3 is 0 Å². The Bertz CT molecular complexity index is 1280. The Kier molecular flexibility index (Phi) is 6.85. The first-order valence-electron chi connectivity index (χ1n) is 10.8. The number of rotatable bonds is 7. The van der Waals surface area contributed by atoms with Crippen molar-refractivity contribution < 1.29 is 27.1 Å². The van der Waals surface area contributed by atoms with E-state index in [-0.39, 0.29) is 16.7 Å². The number of benzene rings is 2. The van der Waals surface area contributed by atoms with Crippen LogP contribution in [0.25, 0.3) is 11.5 Å². The van der Waals surface area contributed by atoms with Crippen LogP contribution < -0.4 is 14.8 Å². The number of piperidine rings is 1. The summed E-state index contributed by atoms with van der Waals surface area (Å²) < 4.78 is 44.2. The number of methoxy groups -OCH3 is 2. The highest BCUT2D eigenvalue weighted by Gasteiger charge is 2.32. The van der Waals surface area contributed by atoms with E-state index in [0.717, 1.165) is 5.56 Å². The summed E-state index contributed by atoms with van der Waals surface area (Å²) >= 11 is 0. The normalized spacial score (nSPS) is 15.1. The number of hydrogen-bond acceptors (Lipinski definition) is 8. The molecule has 0 spiro atoms. The SMILES string of the molecule is COc1cccc(-c2nnc(C3CCN(S(=O)(=O)c4ccc(OC)c(NC(C)=O)c4)CC3)o2)c1. The molecule has 0 saturated carbocycles. The van der Waals surface area contributed by atoms with Crippen LogP contribution in [-0.4, -0.2) is 56.1 Å². The Balaban J connectivity index is 1.46. The number of nitrogens with one attached hydrogen (secondary N) is 1. The third kappa shape index (κ3) is 4.90. The molecule has 1 N–H and O–H groups in total. The average molecular weight is 487 g/mol. The van der Waals surface area contributed by atoms with Gasteiger partial charge in [0, 0.05) is 31.5 Å². The summed E-state index contributed by atoms with van der Waals surface area (Å²) in [6, 6.07) is 11.8. The zero-order chi connectivity index (χ0) is 24.3. The molecule has 0 unspecified atom stereocenters. The molecule has 0 atom stereocenters. The maximum Gasteiger partial charge on any atom is 0.247 e. The van der Waals surface area contributed by atoms with Crippen molar-refractivity contribution in [2.75, 3.05) is 32.6 Å². The first-order chi connectivity index (χ1) is 16.3. The smallest absolute Gasteiger partial charge is 0.247 e. The predicted octanol–water partition coefficient (Wildman–Crippen LogP) is 3.28. The Hall–Kier alpha value is -3.44. The lowest BCUT2D eigenvalue weighted by Crippen LogP contribution is -2.38. The van der Waals surface area contributed by atoms with E-state index in [1.807, 2.05) is 24.3 Å². The molecule has 34 heavy (non-hydrogen) atoms. The second kappa shape index (κ2) is 9.82. The fourth-order valence-corrected chi connectivity index (χ4v) is 5.40. The van der Waals surface area contributed by atoms with Gasteiger partial charge in [-0.15, -0.1) is 10.2 Å². The zero-order valence-electron chi connectivity index (χ0n) is 19.1. The molecule has 1 amide bonds. The van der Waals surface area contributed by atoms with Gasteiger partial charge in [-0.2, -0.15) is 4.31 Å². The third-order valence-electron chi connectivity index (χ3n) is 5.68. The second-order valence-electron chi connectivity index (χ2n) is 7.90. The van der Waals surface area contributed by atoms with Crippen molar-refractivity contribution in [3.05, 3.63) is 48.4 Å². The molecule has 0 aliphatic carbocycles. The molecule has 1 aliphatic heterocycles. The average Bonchev–Trinajstić information content (AvgIpc) is 3.34. The van der Waals surface area contributed by atoms with Crippen LogP contribution in [0.2, 0.25) is 0 Å². The van der Waals surface area contributed by atoms with Crippen molar-refractivity contribution in [2.24, 2.45) is 0 Å². The van der Waals surface area contributed by atoms with Crippen molar-refractivity contribution in [1.82, 2.24) is 14.5 Å². The van der Waals surface area contributed by atoms with Crippen molar-refractivity contribution >= 4 is 21.6 Å². The topological polar surface area (TPSA) is 124 Å². The molecule has 4 rings (SSSR count). The van der Waals surface area contributed by atoms with Crippen LogP contribution >= 0.6 is 0 Å². The Morgan fingerprint density at radius 1 is 1.09 bits per heavy atom. The van der Waals surface area contributed by atoms with Gasteiger partial charge in [0.25, 0.3) is 0 Å². The van der Waals surface area contributed by atoms with Gasteiger partial charge in [-0.05, 0) is 49.2 Å². The van der Waals surface area contributed by atoms with Crippen LogP contribution in [-0.2, 0) is 14.8 Å². The summed E-state index contributed by atoms with van der Waals surface area (Å²) in [4.78, 5) is 11.6. The summed E-state index contributed by atoms with van der Waals surface area (Å²) in [6.07, 6.45) is 1.10. The molecule has 0 bridgehead atoms. The summed E-state index contributed by atoms with van der Waals surface area (Å²) in [5.74, 6) is 1.61. The molecule has 1 saturated heterocycles. The molecule has 11 heteroatoms. The zero-order valence-corrected chi connectivity index (χ0v) is 20.0. The van der Waals surface area contributed by atoms with E-state index in [1.165, 1.54) is 36.5 Å². The van der Waals surface area contributed by atoms with Gasteiger partial charge in [0.1, 0.15) is 11.5 Å². The number of carbonyl (C=O) groups is 1. The lowest BCUT2D eigenvalue weighted by atomic mass is 9.98. The maximum atomic E-state index is 13.2. The van der Waals surface area contributed by atoms with Gasteiger partial charge in [0.05, 0.1) is 24.8 Å². The van der Waals surface area contributed by atoms with Gasteiger partial charge < -0.3 is 19.2 Å². The van der Waals surface area contributed by atoms with Crippen molar-refractivity contribution in [3.63, 3.8) is 0 Å². The van der Waals surface area contributed by atoms with E-state index in [4.69, 9.17) is 13.9 Å². The molecule has 2 heterocycles. The highest BCUT2D eigenvalue weighted by Crippen LogP contribution is 2.34. The monoisotopic (exact) mass is 486 g/mol. The number of ether oxygens (including phenoxy) is 2. The molecule has 1 aliphatic rings. The fourth-order valence-electron chi connectivity index (χ4n) is 3.90. The van der Waals surface area contributed by atoms with Gasteiger partial charge in [-0.3, -0.25) is 4.79 Å². The molecular formula is C23H26N4O6S. The summed E-state index contributed by atoms with van der Waals surface area (Å²) in [5.41, 5.74) is 1.06. The standard InChI is InChI=1S/C23H26N4O6S/c1-15(28)24-20-14-19(7-8-21(20)32-3)34(29,30)27-11-9-16(10-12-27)22-25-26-23(33-22)17-5-4-6-18(13-17)31-2/h4-8,13-14,16H,9-12H2,1-3H3,(H,24,28). The Morgan fingerprint density at radius 2 is 1.85 bits per heavy atom. The highest BCUT2D eigenvalue weighted by molar-refractivity contribution is 7.89. The Morgan fingerprint density at radius 3 is 2.53 bits per heavy atom. The van der Waals surface area contributed by atoms with Crippen LogP contribution in [0.1, 0.15) is 31.6 Å². The second-order valence-corrected chi connectivity index (χ2v) is 9.84. The predicted molar refractivity (Wildman–Crippen MR) is 124 cm³/mol. The van der Waals surface area contributed by atoms with E-state index in [2.05, 4.69) is 15.5 Å². The Labute approximate surface area is 197 Å². The highest BCUT2D eigenvalue weighted by atomic mass is 32.2. The number of hydrogen-bond donors (Lipinski definition) is 1. The molecule has 2 aromatic carbocycles. The molecule has 10 nitrogen and oxygen atoms in total. The molecule has 1 aromatic heterocycles. The first kappa shape index (κ1) is 23.7. The molecule has 3 aromatic rings. The summed E-state index contributed by atoms with van der Waals surface area (Å²) in [7, 11) is -0.705. The van der Waals surface area contributed by atoms with Crippen LogP contribution in [0.3, 0.4) is 0 Å². The number of aromatic nitrogens is 2. The number of anilines is 1.